The largest absolute Gasteiger partial charge is 0.463 e. The zero-order chi connectivity index (χ0) is 18.8. The molecule has 1 aliphatic rings. The zero-order valence-corrected chi connectivity index (χ0v) is 15.6. The Morgan fingerprint density at radius 2 is 1.64 bits per heavy atom. The Kier molecular flexibility index (Phi) is 10.0. The number of aliphatic hydroxyl groups excluding tert-OH is 2. The second-order valence-electron chi connectivity index (χ2n) is 6.78. The summed E-state index contributed by atoms with van der Waals surface area (Å²) < 4.78 is 10.8. The van der Waals surface area contributed by atoms with Gasteiger partial charge in [-0.3, -0.25) is 9.59 Å². The predicted molar refractivity (Wildman–Crippen MR) is 92.9 cm³/mol. The van der Waals surface area contributed by atoms with Gasteiger partial charge in [0.2, 0.25) is 5.91 Å². The van der Waals surface area contributed by atoms with Crippen molar-refractivity contribution in [1.82, 2.24) is 5.32 Å². The van der Waals surface area contributed by atoms with Gasteiger partial charge in [-0.2, -0.15) is 0 Å². The molecule has 146 valence electrons. The fourth-order valence-corrected chi connectivity index (χ4v) is 3.17. The third-order valence-electron chi connectivity index (χ3n) is 4.51. The van der Waals surface area contributed by atoms with Gasteiger partial charge in [0.25, 0.3) is 0 Å². The summed E-state index contributed by atoms with van der Waals surface area (Å²) in [6.07, 6.45) is 3.79. The van der Waals surface area contributed by atoms with Crippen LogP contribution in [0.5, 0.6) is 0 Å². The number of carbonyl (C=O) groups is 2. The Hall–Kier alpha value is -1.18. The number of ether oxygens (including phenoxy) is 2. The van der Waals surface area contributed by atoms with Crippen LogP contribution in [-0.2, 0) is 19.1 Å². The molecular weight excluding hydrogens is 326 g/mol. The molecule has 1 aliphatic heterocycles. The van der Waals surface area contributed by atoms with Crippen LogP contribution in [0.4, 0.5) is 0 Å². The van der Waals surface area contributed by atoms with E-state index in [1.807, 2.05) is 0 Å². The number of aliphatic hydroxyl groups is 2. The summed E-state index contributed by atoms with van der Waals surface area (Å²) in [6, 6.07) is -0.670. The van der Waals surface area contributed by atoms with Gasteiger partial charge in [0.1, 0.15) is 24.9 Å². The number of rotatable bonds is 10. The van der Waals surface area contributed by atoms with Gasteiger partial charge in [0, 0.05) is 13.8 Å². The number of hydrogen-bond acceptors (Lipinski definition) is 6. The lowest BCUT2D eigenvalue weighted by molar-refractivity contribution is -0.202. The molecule has 25 heavy (non-hydrogen) atoms. The molecule has 0 aliphatic carbocycles. The Labute approximate surface area is 150 Å². The first kappa shape index (κ1) is 21.9. The molecular formula is C18H33NO6. The third kappa shape index (κ3) is 7.71. The highest BCUT2D eigenvalue weighted by atomic mass is 16.6. The highest BCUT2D eigenvalue weighted by Crippen LogP contribution is 2.25. The van der Waals surface area contributed by atoms with Gasteiger partial charge < -0.3 is 25.0 Å². The zero-order valence-electron chi connectivity index (χ0n) is 15.6. The maximum Gasteiger partial charge on any atom is 0.302 e. The minimum Gasteiger partial charge on any atom is -0.463 e. The molecule has 1 fully saturated rings. The van der Waals surface area contributed by atoms with Crippen molar-refractivity contribution in [2.45, 2.75) is 96.2 Å². The molecule has 1 rings (SSSR count). The van der Waals surface area contributed by atoms with E-state index in [-0.39, 0.29) is 12.5 Å². The minimum absolute atomic E-state index is 0.118. The van der Waals surface area contributed by atoms with E-state index in [0.717, 1.165) is 19.3 Å². The molecule has 7 nitrogen and oxygen atoms in total. The van der Waals surface area contributed by atoms with Gasteiger partial charge in [0.15, 0.2) is 0 Å². The molecule has 0 saturated carbocycles. The summed E-state index contributed by atoms with van der Waals surface area (Å²) in [7, 11) is 0. The molecule has 7 heteroatoms. The highest BCUT2D eigenvalue weighted by molar-refractivity contribution is 5.73. The molecule has 1 heterocycles. The molecule has 0 bridgehead atoms. The smallest absolute Gasteiger partial charge is 0.302 e. The molecule has 0 aromatic carbocycles. The van der Waals surface area contributed by atoms with Gasteiger partial charge in [0.05, 0.1) is 12.1 Å². The van der Waals surface area contributed by atoms with Crippen LogP contribution < -0.4 is 5.32 Å². The fourth-order valence-electron chi connectivity index (χ4n) is 3.17. The number of hydrogen-bond donors (Lipinski definition) is 3. The van der Waals surface area contributed by atoms with E-state index in [2.05, 4.69) is 12.2 Å². The molecule has 1 saturated heterocycles. The second kappa shape index (κ2) is 11.4. The maximum absolute atomic E-state index is 11.4. The standard InChI is InChI=1S/C18H33NO6/c1-4-5-6-7-8-9-10-14-16(19-12(2)20)18(23)17(22)15(25-14)11-24-13(3)21/h14-18,22-23H,4-11H2,1-3H3,(H,19,20)/t14-,15+,16-,17-,18+/m0/s1. The summed E-state index contributed by atoms with van der Waals surface area (Å²) in [5.74, 6) is -0.756. The van der Waals surface area contributed by atoms with Crippen molar-refractivity contribution in [3.63, 3.8) is 0 Å². The molecule has 0 aromatic rings. The van der Waals surface area contributed by atoms with Crippen LogP contribution >= 0.6 is 0 Å². The van der Waals surface area contributed by atoms with Crippen LogP contribution in [0.3, 0.4) is 0 Å². The van der Waals surface area contributed by atoms with Crippen LogP contribution in [-0.4, -0.2) is 59.2 Å². The second-order valence-corrected chi connectivity index (χ2v) is 6.78. The molecule has 5 atom stereocenters. The topological polar surface area (TPSA) is 105 Å². The lowest BCUT2D eigenvalue weighted by atomic mass is 9.90. The van der Waals surface area contributed by atoms with Gasteiger partial charge in [-0.05, 0) is 6.42 Å². The highest BCUT2D eigenvalue weighted by Gasteiger charge is 2.44. The normalized spacial score (nSPS) is 29.2. The molecule has 1 amide bonds. The first-order valence-corrected chi connectivity index (χ1v) is 9.28. The Morgan fingerprint density at radius 3 is 2.24 bits per heavy atom. The van der Waals surface area contributed by atoms with Crippen LogP contribution in [0, 0.1) is 0 Å². The summed E-state index contributed by atoms with van der Waals surface area (Å²) in [6.45, 7) is 4.70. The van der Waals surface area contributed by atoms with Crippen LogP contribution in [0.2, 0.25) is 0 Å². The Balaban J connectivity index is 2.62. The number of nitrogens with one attached hydrogen (secondary N) is 1. The third-order valence-corrected chi connectivity index (χ3v) is 4.51. The van der Waals surface area contributed by atoms with E-state index < -0.39 is 36.4 Å². The Bertz CT molecular complexity index is 414. The van der Waals surface area contributed by atoms with Crippen molar-refractivity contribution >= 4 is 11.9 Å². The lowest BCUT2D eigenvalue weighted by Gasteiger charge is -2.43. The number of unbranched alkanes of at least 4 members (excludes halogenated alkanes) is 5. The molecule has 0 radical (unpaired) electrons. The summed E-state index contributed by atoms with van der Waals surface area (Å²) >= 11 is 0. The minimum atomic E-state index is -1.22. The van der Waals surface area contributed by atoms with Crippen molar-refractivity contribution in [2.24, 2.45) is 0 Å². The first-order chi connectivity index (χ1) is 11.9. The fraction of sp³-hybridized carbons (Fsp3) is 0.889. The average Bonchev–Trinajstić information content (AvgIpc) is 2.55. The van der Waals surface area contributed by atoms with Gasteiger partial charge in [-0.1, -0.05) is 45.4 Å². The van der Waals surface area contributed by atoms with Crippen molar-refractivity contribution in [2.75, 3.05) is 6.61 Å². The van der Waals surface area contributed by atoms with Crippen LogP contribution in [0.1, 0.15) is 65.7 Å². The van der Waals surface area contributed by atoms with Crippen LogP contribution in [0.25, 0.3) is 0 Å². The van der Waals surface area contributed by atoms with E-state index in [4.69, 9.17) is 9.47 Å². The number of esters is 1. The van der Waals surface area contributed by atoms with Crippen molar-refractivity contribution < 1.29 is 29.3 Å². The van der Waals surface area contributed by atoms with E-state index >= 15 is 0 Å². The Morgan fingerprint density at radius 1 is 1.00 bits per heavy atom. The van der Waals surface area contributed by atoms with Gasteiger partial charge >= 0.3 is 5.97 Å². The molecule has 0 unspecified atom stereocenters. The summed E-state index contributed by atoms with van der Waals surface area (Å²) in [5, 5.41) is 23.3. The van der Waals surface area contributed by atoms with Crippen LogP contribution in [0.15, 0.2) is 0 Å². The molecule has 0 aromatic heterocycles. The molecule has 0 spiro atoms. The molecule has 3 N–H and O–H groups in total. The van der Waals surface area contributed by atoms with E-state index in [1.165, 1.54) is 33.1 Å². The first-order valence-electron chi connectivity index (χ1n) is 9.28. The van der Waals surface area contributed by atoms with E-state index in [0.29, 0.717) is 6.42 Å². The lowest BCUT2D eigenvalue weighted by Crippen LogP contribution is -2.64. The summed E-state index contributed by atoms with van der Waals surface area (Å²) in [4.78, 5) is 22.4. The van der Waals surface area contributed by atoms with Crippen molar-refractivity contribution in [1.29, 1.82) is 0 Å². The monoisotopic (exact) mass is 359 g/mol. The average molecular weight is 359 g/mol. The quantitative estimate of drug-likeness (QED) is 0.401. The van der Waals surface area contributed by atoms with Crippen molar-refractivity contribution in [3.05, 3.63) is 0 Å². The predicted octanol–water partition coefficient (Wildman–Crippen LogP) is 1.29. The SMILES string of the molecule is CCCCCCCC[C@@H]1O[C@H](COC(C)=O)[C@H](O)[C@H](O)[C@H]1NC(C)=O. The van der Waals surface area contributed by atoms with Gasteiger partial charge in [-0.25, -0.2) is 0 Å². The van der Waals surface area contributed by atoms with E-state index in [1.54, 1.807) is 0 Å². The van der Waals surface area contributed by atoms with Gasteiger partial charge in [-0.15, -0.1) is 0 Å². The van der Waals surface area contributed by atoms with Crippen molar-refractivity contribution in [3.8, 4) is 0 Å². The maximum atomic E-state index is 11.4. The number of carbonyl (C=O) groups excluding carboxylic acids is 2. The van der Waals surface area contributed by atoms with E-state index in [9.17, 15) is 19.8 Å². The summed E-state index contributed by atoms with van der Waals surface area (Å²) in [5.41, 5.74) is 0. The number of amides is 1.